The average molecular weight is 580 g/mol. The Bertz CT molecular complexity index is 1240. The van der Waals surface area contributed by atoms with Crippen molar-refractivity contribution in [2.75, 3.05) is 18.1 Å². The maximum absolute atomic E-state index is 13.1. The van der Waals surface area contributed by atoms with Gasteiger partial charge in [-0.15, -0.1) is 0 Å². The van der Waals surface area contributed by atoms with Gasteiger partial charge in [0.1, 0.15) is 5.57 Å². The van der Waals surface area contributed by atoms with E-state index < -0.39 is 28.7 Å². The number of anilines is 1. The molecule has 3 rings (SSSR count). The number of non-ortho nitro benzene ring substituents is 1. The first-order chi connectivity index (χ1) is 16.1. The number of urea groups is 1. The van der Waals surface area contributed by atoms with Crippen LogP contribution in [0.5, 0.6) is 11.5 Å². The number of primary amides is 1. The van der Waals surface area contributed by atoms with Crippen molar-refractivity contribution in [3.8, 4) is 11.5 Å². The molecular formula is C21H17IN4O8. The number of carbonyl (C=O) groups is 4. The summed E-state index contributed by atoms with van der Waals surface area (Å²) in [6, 6.07) is 6.93. The first-order valence-electron chi connectivity index (χ1n) is 9.65. The normalized spacial score (nSPS) is 14.7. The van der Waals surface area contributed by atoms with Crippen LogP contribution in [0.4, 0.5) is 16.2 Å². The fourth-order valence-corrected chi connectivity index (χ4v) is 3.80. The SMILES string of the molecule is CCOc1cc(/C=C2\C(=O)NC(=O)N(c3cccc([N+](=O)[O-])c3)C2=O)cc(I)c1OCC(N)=O. The Morgan fingerprint density at radius 2 is 1.97 bits per heavy atom. The van der Waals surface area contributed by atoms with Gasteiger partial charge >= 0.3 is 6.03 Å². The maximum atomic E-state index is 13.1. The molecule has 1 saturated heterocycles. The molecule has 0 spiro atoms. The maximum Gasteiger partial charge on any atom is 0.335 e. The molecule has 0 saturated carbocycles. The number of hydrogen-bond acceptors (Lipinski definition) is 8. The lowest BCUT2D eigenvalue weighted by molar-refractivity contribution is -0.384. The molecule has 34 heavy (non-hydrogen) atoms. The van der Waals surface area contributed by atoms with Crippen LogP contribution in [0.1, 0.15) is 12.5 Å². The molecule has 12 nitrogen and oxygen atoms in total. The lowest BCUT2D eigenvalue weighted by atomic mass is 10.1. The highest BCUT2D eigenvalue weighted by Crippen LogP contribution is 2.35. The van der Waals surface area contributed by atoms with Crippen molar-refractivity contribution in [1.82, 2.24) is 5.32 Å². The number of nitrogens with zero attached hydrogens (tertiary/aromatic N) is 2. The number of nitro benzene ring substituents is 1. The van der Waals surface area contributed by atoms with Crippen LogP contribution >= 0.6 is 22.6 Å². The smallest absolute Gasteiger partial charge is 0.335 e. The highest BCUT2D eigenvalue weighted by molar-refractivity contribution is 14.1. The first-order valence-corrected chi connectivity index (χ1v) is 10.7. The highest BCUT2D eigenvalue weighted by Gasteiger charge is 2.37. The van der Waals surface area contributed by atoms with Crippen LogP contribution in [-0.4, -0.2) is 41.9 Å². The third-order valence-corrected chi connectivity index (χ3v) is 5.20. The van der Waals surface area contributed by atoms with Gasteiger partial charge in [-0.05, 0) is 59.4 Å². The summed E-state index contributed by atoms with van der Waals surface area (Å²) >= 11 is 1.93. The molecule has 0 aromatic heterocycles. The second-order valence-corrected chi connectivity index (χ2v) is 7.91. The van der Waals surface area contributed by atoms with E-state index >= 15 is 0 Å². The molecule has 3 N–H and O–H groups in total. The van der Waals surface area contributed by atoms with Crippen molar-refractivity contribution in [2.24, 2.45) is 5.73 Å². The molecular weight excluding hydrogens is 563 g/mol. The van der Waals surface area contributed by atoms with Crippen LogP contribution in [0.2, 0.25) is 0 Å². The number of ether oxygens (including phenoxy) is 2. The molecule has 1 aliphatic heterocycles. The van der Waals surface area contributed by atoms with Gasteiger partial charge in [0.2, 0.25) is 0 Å². The van der Waals surface area contributed by atoms with Crippen molar-refractivity contribution in [3.63, 3.8) is 0 Å². The average Bonchev–Trinajstić information content (AvgIpc) is 2.76. The van der Waals surface area contributed by atoms with E-state index in [9.17, 15) is 29.3 Å². The van der Waals surface area contributed by atoms with Crippen LogP contribution in [0, 0.1) is 13.7 Å². The van der Waals surface area contributed by atoms with E-state index in [2.05, 4.69) is 5.32 Å². The van der Waals surface area contributed by atoms with E-state index in [1.165, 1.54) is 30.3 Å². The van der Waals surface area contributed by atoms with Crippen molar-refractivity contribution >= 4 is 63.8 Å². The summed E-state index contributed by atoms with van der Waals surface area (Å²) in [7, 11) is 0. The second-order valence-electron chi connectivity index (χ2n) is 6.75. The summed E-state index contributed by atoms with van der Waals surface area (Å²) in [6.07, 6.45) is 1.25. The lowest BCUT2D eigenvalue weighted by Gasteiger charge is -2.26. The number of halogens is 1. The molecule has 176 valence electrons. The zero-order valence-corrected chi connectivity index (χ0v) is 19.7. The molecule has 2 aromatic rings. The minimum atomic E-state index is -1.03. The molecule has 0 aliphatic carbocycles. The molecule has 0 bridgehead atoms. The van der Waals surface area contributed by atoms with Gasteiger partial charge in [-0.2, -0.15) is 0 Å². The van der Waals surface area contributed by atoms with Crippen molar-refractivity contribution in [3.05, 3.63) is 61.2 Å². The van der Waals surface area contributed by atoms with Gasteiger partial charge in [0, 0.05) is 12.1 Å². The van der Waals surface area contributed by atoms with E-state index in [0.29, 0.717) is 14.0 Å². The Balaban J connectivity index is 2.02. The molecule has 0 radical (unpaired) electrons. The monoisotopic (exact) mass is 580 g/mol. The van der Waals surface area contributed by atoms with E-state index in [1.807, 2.05) is 22.6 Å². The Kier molecular flexibility index (Phi) is 7.45. The van der Waals surface area contributed by atoms with Crippen LogP contribution in [0.25, 0.3) is 6.08 Å². The summed E-state index contributed by atoms with van der Waals surface area (Å²) in [4.78, 5) is 60.0. The minimum Gasteiger partial charge on any atom is -0.490 e. The number of rotatable bonds is 8. The molecule has 0 atom stereocenters. The summed E-state index contributed by atoms with van der Waals surface area (Å²) in [5, 5.41) is 13.1. The van der Waals surface area contributed by atoms with Gasteiger partial charge in [0.15, 0.2) is 18.1 Å². The molecule has 1 fully saturated rings. The number of benzene rings is 2. The van der Waals surface area contributed by atoms with Gasteiger partial charge in [-0.3, -0.25) is 29.8 Å². The third kappa shape index (κ3) is 5.31. The highest BCUT2D eigenvalue weighted by atomic mass is 127. The second kappa shape index (κ2) is 10.3. The minimum absolute atomic E-state index is 0.0742. The van der Waals surface area contributed by atoms with Crippen molar-refractivity contribution < 1.29 is 33.6 Å². The number of hydrogen-bond donors (Lipinski definition) is 2. The summed E-state index contributed by atoms with van der Waals surface area (Å²) in [5.74, 6) is -2.07. The third-order valence-electron chi connectivity index (χ3n) is 4.40. The van der Waals surface area contributed by atoms with Crippen LogP contribution in [0.15, 0.2) is 42.0 Å². The van der Waals surface area contributed by atoms with Crippen molar-refractivity contribution in [2.45, 2.75) is 6.92 Å². The number of carbonyl (C=O) groups excluding carboxylic acids is 4. The molecule has 2 aromatic carbocycles. The summed E-state index contributed by atoms with van der Waals surface area (Å²) in [5.41, 5.74) is 4.71. The summed E-state index contributed by atoms with van der Waals surface area (Å²) in [6.45, 7) is 1.62. The molecule has 0 unspecified atom stereocenters. The predicted molar refractivity (Wildman–Crippen MR) is 127 cm³/mol. The van der Waals surface area contributed by atoms with Gasteiger partial charge in [0.25, 0.3) is 23.4 Å². The molecule has 5 amide bonds. The van der Waals surface area contributed by atoms with Gasteiger partial charge in [0.05, 0.1) is 20.8 Å². The quantitative estimate of drug-likeness (QED) is 0.157. The van der Waals surface area contributed by atoms with E-state index in [1.54, 1.807) is 13.0 Å². The number of barbiturate groups is 1. The fourth-order valence-electron chi connectivity index (χ4n) is 3.02. The zero-order chi connectivity index (χ0) is 25.0. The fraction of sp³-hybridized carbons (Fsp3) is 0.143. The number of nitro groups is 1. The lowest BCUT2D eigenvalue weighted by Crippen LogP contribution is -2.54. The molecule has 1 aliphatic rings. The van der Waals surface area contributed by atoms with E-state index in [-0.39, 0.29) is 41.7 Å². The van der Waals surface area contributed by atoms with Crippen molar-refractivity contribution in [1.29, 1.82) is 0 Å². The number of nitrogens with two attached hydrogens (primary N) is 1. The predicted octanol–water partition coefficient (Wildman–Crippen LogP) is 2.13. The summed E-state index contributed by atoms with van der Waals surface area (Å²) < 4.78 is 11.5. The standard InChI is InChI=1S/C21H17IN4O8/c1-2-33-16-8-11(7-15(22)18(16)34-10-17(23)27)6-14-19(28)24-21(30)25(20(14)29)12-4-3-5-13(9-12)26(31)32/h3-9H,2,10H2,1H3,(H2,23,27)(H,24,28,30)/b14-6+. The molecule has 1 heterocycles. The first kappa shape index (κ1) is 24.6. The largest absolute Gasteiger partial charge is 0.490 e. The zero-order valence-electron chi connectivity index (χ0n) is 17.6. The Morgan fingerprint density at radius 3 is 2.62 bits per heavy atom. The van der Waals surface area contributed by atoms with Crippen LogP contribution in [-0.2, 0) is 14.4 Å². The number of amides is 5. The Labute approximate surface area is 206 Å². The van der Waals surface area contributed by atoms with Crippen LogP contribution < -0.4 is 25.4 Å². The van der Waals surface area contributed by atoms with Gasteiger partial charge in [-0.25, -0.2) is 9.69 Å². The number of imide groups is 2. The molecule has 13 heteroatoms. The van der Waals surface area contributed by atoms with E-state index in [4.69, 9.17) is 15.2 Å². The van der Waals surface area contributed by atoms with Gasteiger partial charge < -0.3 is 15.2 Å². The number of nitrogens with one attached hydrogen (secondary N) is 1. The van der Waals surface area contributed by atoms with Gasteiger partial charge in [-0.1, -0.05) is 6.07 Å². The van der Waals surface area contributed by atoms with Crippen LogP contribution in [0.3, 0.4) is 0 Å². The Hall–Kier alpha value is -4.01. The van der Waals surface area contributed by atoms with E-state index in [0.717, 1.165) is 6.07 Å². The Morgan fingerprint density at radius 1 is 1.24 bits per heavy atom. The topological polar surface area (TPSA) is 171 Å².